The third-order valence-electron chi connectivity index (χ3n) is 3.05. The van der Waals surface area contributed by atoms with Crippen molar-refractivity contribution in [3.8, 4) is 0 Å². The lowest BCUT2D eigenvalue weighted by molar-refractivity contribution is 0.161. The number of nitrogens with one attached hydrogen (secondary N) is 1. The zero-order chi connectivity index (χ0) is 14.9. The molecule has 6 nitrogen and oxygen atoms in total. The van der Waals surface area contributed by atoms with E-state index in [-0.39, 0.29) is 6.04 Å². The van der Waals surface area contributed by atoms with Gasteiger partial charge in [0, 0.05) is 31.5 Å². The average molecular weight is 290 g/mol. The molecule has 2 rings (SSSR count). The van der Waals surface area contributed by atoms with Crippen molar-refractivity contribution in [2.24, 2.45) is 0 Å². The number of ether oxygens (including phenoxy) is 1. The Hall–Kier alpha value is -1.79. The molecule has 21 heavy (non-hydrogen) atoms. The Bertz CT molecular complexity index is 515. The summed E-state index contributed by atoms with van der Waals surface area (Å²) in [6.07, 6.45) is 4.10. The first-order chi connectivity index (χ1) is 10.3. The molecule has 0 aliphatic carbocycles. The summed E-state index contributed by atoms with van der Waals surface area (Å²) in [4.78, 5) is 8.68. The van der Waals surface area contributed by atoms with Crippen molar-refractivity contribution in [3.05, 3.63) is 41.8 Å². The van der Waals surface area contributed by atoms with Crippen LogP contribution in [0.25, 0.3) is 0 Å². The Kier molecular flexibility index (Phi) is 6.30. The van der Waals surface area contributed by atoms with Gasteiger partial charge in [0.2, 0.25) is 5.89 Å². The number of aromatic nitrogens is 3. The number of nitrogens with zero attached hydrogens (tertiary/aromatic N) is 3. The topological polar surface area (TPSA) is 73.1 Å². The fourth-order valence-corrected chi connectivity index (χ4v) is 2.06. The highest BCUT2D eigenvalue weighted by Gasteiger charge is 2.14. The Morgan fingerprint density at radius 1 is 1.38 bits per heavy atom. The van der Waals surface area contributed by atoms with Gasteiger partial charge in [-0.25, -0.2) is 0 Å². The summed E-state index contributed by atoms with van der Waals surface area (Å²) in [7, 11) is 1.70. The van der Waals surface area contributed by atoms with Crippen LogP contribution in [0.1, 0.15) is 30.8 Å². The van der Waals surface area contributed by atoms with Gasteiger partial charge in [-0.05, 0) is 25.1 Å². The summed E-state index contributed by atoms with van der Waals surface area (Å²) in [6.45, 7) is 3.70. The van der Waals surface area contributed by atoms with Gasteiger partial charge < -0.3 is 14.6 Å². The molecular weight excluding hydrogens is 268 g/mol. The number of hydrogen-bond acceptors (Lipinski definition) is 6. The summed E-state index contributed by atoms with van der Waals surface area (Å²) < 4.78 is 10.5. The van der Waals surface area contributed by atoms with Crippen LogP contribution in [0, 0.1) is 0 Å². The normalized spacial score (nSPS) is 12.5. The molecule has 1 unspecified atom stereocenters. The second kappa shape index (κ2) is 8.49. The van der Waals surface area contributed by atoms with Gasteiger partial charge >= 0.3 is 0 Å². The summed E-state index contributed by atoms with van der Waals surface area (Å²) in [5, 5.41) is 7.42. The van der Waals surface area contributed by atoms with E-state index in [1.807, 2.05) is 18.2 Å². The molecule has 0 saturated heterocycles. The SMILES string of the molecule is CCCNC(COC)Cc1nc(Cc2ccccn2)no1. The van der Waals surface area contributed by atoms with Gasteiger partial charge in [-0.3, -0.25) is 4.98 Å². The third-order valence-corrected chi connectivity index (χ3v) is 3.05. The van der Waals surface area contributed by atoms with Gasteiger partial charge in [0.1, 0.15) is 0 Å². The van der Waals surface area contributed by atoms with Crippen molar-refractivity contribution in [2.45, 2.75) is 32.2 Å². The third kappa shape index (κ3) is 5.24. The standard InChI is InChI=1S/C15H22N4O2/c1-3-7-16-13(11-20-2)10-15-18-14(19-21-15)9-12-6-4-5-8-17-12/h4-6,8,13,16H,3,7,9-11H2,1-2H3. The van der Waals surface area contributed by atoms with Crippen LogP contribution in [-0.2, 0) is 17.6 Å². The molecule has 114 valence electrons. The van der Waals surface area contributed by atoms with E-state index in [0.717, 1.165) is 18.7 Å². The molecule has 0 aliphatic heterocycles. The first kappa shape index (κ1) is 15.6. The molecule has 2 heterocycles. The highest BCUT2D eigenvalue weighted by Crippen LogP contribution is 2.06. The van der Waals surface area contributed by atoms with Crippen LogP contribution in [0.2, 0.25) is 0 Å². The van der Waals surface area contributed by atoms with Crippen molar-refractivity contribution in [2.75, 3.05) is 20.3 Å². The van der Waals surface area contributed by atoms with Gasteiger partial charge in [0.05, 0.1) is 13.0 Å². The molecule has 6 heteroatoms. The van der Waals surface area contributed by atoms with Crippen LogP contribution in [0.5, 0.6) is 0 Å². The van der Waals surface area contributed by atoms with E-state index < -0.39 is 0 Å². The van der Waals surface area contributed by atoms with E-state index in [2.05, 4.69) is 27.4 Å². The Labute approximate surface area is 124 Å². The van der Waals surface area contributed by atoms with Crippen molar-refractivity contribution >= 4 is 0 Å². The molecule has 0 fully saturated rings. The smallest absolute Gasteiger partial charge is 0.228 e. The molecule has 1 atom stereocenters. The molecular formula is C15H22N4O2. The lowest BCUT2D eigenvalue weighted by Gasteiger charge is -2.15. The quantitative estimate of drug-likeness (QED) is 0.756. The van der Waals surface area contributed by atoms with Crippen molar-refractivity contribution in [1.29, 1.82) is 0 Å². The second-order valence-electron chi connectivity index (χ2n) is 4.91. The zero-order valence-electron chi connectivity index (χ0n) is 12.6. The summed E-state index contributed by atoms with van der Waals surface area (Å²) in [6, 6.07) is 5.98. The second-order valence-corrected chi connectivity index (χ2v) is 4.91. The monoisotopic (exact) mass is 290 g/mol. The fraction of sp³-hybridized carbons (Fsp3) is 0.533. The maximum atomic E-state index is 5.31. The lowest BCUT2D eigenvalue weighted by atomic mass is 10.2. The predicted molar refractivity (Wildman–Crippen MR) is 79.0 cm³/mol. The Balaban J connectivity index is 1.92. The van der Waals surface area contributed by atoms with E-state index in [1.165, 1.54) is 0 Å². The van der Waals surface area contributed by atoms with E-state index in [1.54, 1.807) is 13.3 Å². The highest BCUT2D eigenvalue weighted by atomic mass is 16.5. The molecule has 0 bridgehead atoms. The van der Waals surface area contributed by atoms with Gasteiger partial charge in [-0.15, -0.1) is 0 Å². The number of rotatable bonds is 9. The minimum absolute atomic E-state index is 0.193. The lowest BCUT2D eigenvalue weighted by Crippen LogP contribution is -2.35. The fourth-order valence-electron chi connectivity index (χ4n) is 2.06. The minimum Gasteiger partial charge on any atom is -0.383 e. The van der Waals surface area contributed by atoms with Crippen molar-refractivity contribution < 1.29 is 9.26 Å². The molecule has 0 amide bonds. The molecule has 2 aromatic rings. The van der Waals surface area contributed by atoms with Crippen molar-refractivity contribution in [3.63, 3.8) is 0 Å². The van der Waals surface area contributed by atoms with E-state index in [9.17, 15) is 0 Å². The van der Waals surface area contributed by atoms with Crippen LogP contribution in [0.3, 0.4) is 0 Å². The molecule has 0 aliphatic rings. The largest absolute Gasteiger partial charge is 0.383 e. The summed E-state index contributed by atoms with van der Waals surface area (Å²) in [5.74, 6) is 1.29. The van der Waals surface area contributed by atoms with Gasteiger partial charge in [0.15, 0.2) is 5.82 Å². The van der Waals surface area contributed by atoms with Crippen LogP contribution in [0.15, 0.2) is 28.9 Å². The number of hydrogen-bond donors (Lipinski definition) is 1. The number of pyridine rings is 1. The van der Waals surface area contributed by atoms with Crippen LogP contribution < -0.4 is 5.32 Å². The maximum absolute atomic E-state index is 5.31. The Morgan fingerprint density at radius 3 is 3.00 bits per heavy atom. The summed E-state index contributed by atoms with van der Waals surface area (Å²) in [5.41, 5.74) is 0.933. The van der Waals surface area contributed by atoms with Crippen molar-refractivity contribution in [1.82, 2.24) is 20.4 Å². The van der Waals surface area contributed by atoms with E-state index in [4.69, 9.17) is 9.26 Å². The Morgan fingerprint density at radius 2 is 2.29 bits per heavy atom. The average Bonchev–Trinajstić information content (AvgIpc) is 2.93. The molecule has 1 N–H and O–H groups in total. The molecule has 2 aromatic heterocycles. The van der Waals surface area contributed by atoms with Gasteiger partial charge in [-0.2, -0.15) is 4.98 Å². The molecule has 0 saturated carbocycles. The molecule has 0 spiro atoms. The van der Waals surface area contributed by atoms with E-state index >= 15 is 0 Å². The van der Waals surface area contributed by atoms with Gasteiger partial charge in [-0.1, -0.05) is 18.1 Å². The highest BCUT2D eigenvalue weighted by molar-refractivity contribution is 5.09. The predicted octanol–water partition coefficient (Wildman–Crippen LogP) is 1.61. The first-order valence-corrected chi connectivity index (χ1v) is 7.25. The number of methoxy groups -OCH3 is 1. The molecule has 0 radical (unpaired) electrons. The summed E-state index contributed by atoms with van der Waals surface area (Å²) >= 11 is 0. The minimum atomic E-state index is 0.193. The van der Waals surface area contributed by atoms with Crippen LogP contribution in [0.4, 0.5) is 0 Å². The van der Waals surface area contributed by atoms with Crippen LogP contribution >= 0.6 is 0 Å². The van der Waals surface area contributed by atoms with Crippen LogP contribution in [-0.4, -0.2) is 41.4 Å². The maximum Gasteiger partial charge on any atom is 0.228 e. The van der Waals surface area contributed by atoms with E-state index in [0.29, 0.717) is 31.2 Å². The first-order valence-electron chi connectivity index (χ1n) is 7.25. The van der Waals surface area contributed by atoms with Gasteiger partial charge in [0.25, 0.3) is 0 Å². The zero-order valence-corrected chi connectivity index (χ0v) is 12.6. The molecule has 0 aromatic carbocycles.